The standard InChI is InChI=1S/C22H18N2O2S/c1-27-16-9-7-14(8-10-16)17-11-12-19(20-18(17)13-23-22(20)26)24-21(25)15-5-3-2-4-6-15/h2-12H,13H2,1H3,(H,23,26)(H,24,25). The number of fused-ring (bicyclic) bond motifs is 1. The van der Waals surface area contributed by atoms with Crippen LogP contribution in [0.15, 0.2) is 71.6 Å². The molecule has 0 unspecified atom stereocenters. The summed E-state index contributed by atoms with van der Waals surface area (Å²) >= 11 is 1.69. The lowest BCUT2D eigenvalue weighted by Crippen LogP contribution is -2.17. The van der Waals surface area contributed by atoms with Crippen molar-refractivity contribution in [3.8, 4) is 11.1 Å². The monoisotopic (exact) mass is 374 g/mol. The number of hydrogen-bond acceptors (Lipinski definition) is 3. The van der Waals surface area contributed by atoms with Crippen LogP contribution in [-0.2, 0) is 6.54 Å². The molecule has 4 nitrogen and oxygen atoms in total. The van der Waals surface area contributed by atoms with Crippen molar-refractivity contribution in [2.75, 3.05) is 11.6 Å². The predicted octanol–water partition coefficient (Wildman–Crippen LogP) is 4.57. The van der Waals surface area contributed by atoms with E-state index in [2.05, 4.69) is 34.9 Å². The molecule has 27 heavy (non-hydrogen) atoms. The van der Waals surface area contributed by atoms with Gasteiger partial charge < -0.3 is 10.6 Å². The van der Waals surface area contributed by atoms with Crippen LogP contribution in [0.3, 0.4) is 0 Å². The molecule has 2 N–H and O–H groups in total. The van der Waals surface area contributed by atoms with E-state index in [1.165, 1.54) is 4.90 Å². The first kappa shape index (κ1) is 17.4. The van der Waals surface area contributed by atoms with Crippen molar-refractivity contribution in [3.05, 3.63) is 83.4 Å². The molecule has 1 heterocycles. The zero-order chi connectivity index (χ0) is 18.8. The Morgan fingerprint density at radius 3 is 2.44 bits per heavy atom. The van der Waals surface area contributed by atoms with Gasteiger partial charge in [0.15, 0.2) is 0 Å². The normalized spacial score (nSPS) is 12.4. The molecule has 0 saturated heterocycles. The Labute approximate surface area is 162 Å². The Balaban J connectivity index is 1.72. The van der Waals surface area contributed by atoms with Crippen molar-refractivity contribution in [3.63, 3.8) is 0 Å². The van der Waals surface area contributed by atoms with E-state index in [1.807, 2.05) is 36.6 Å². The average molecular weight is 374 g/mol. The summed E-state index contributed by atoms with van der Waals surface area (Å²) in [5, 5.41) is 5.76. The van der Waals surface area contributed by atoms with Crippen LogP contribution >= 0.6 is 11.8 Å². The van der Waals surface area contributed by atoms with Crippen molar-refractivity contribution in [2.24, 2.45) is 0 Å². The van der Waals surface area contributed by atoms with Crippen molar-refractivity contribution in [1.29, 1.82) is 0 Å². The van der Waals surface area contributed by atoms with E-state index >= 15 is 0 Å². The molecule has 3 aromatic carbocycles. The maximum atomic E-state index is 12.5. The Hall–Kier alpha value is -3.05. The first-order valence-corrected chi connectivity index (χ1v) is 9.85. The lowest BCUT2D eigenvalue weighted by Gasteiger charge is -2.13. The zero-order valence-corrected chi connectivity index (χ0v) is 15.6. The van der Waals surface area contributed by atoms with Gasteiger partial charge in [0.05, 0.1) is 11.3 Å². The first-order valence-electron chi connectivity index (χ1n) is 8.62. The van der Waals surface area contributed by atoms with E-state index in [-0.39, 0.29) is 11.8 Å². The molecule has 0 spiro atoms. The minimum absolute atomic E-state index is 0.157. The van der Waals surface area contributed by atoms with E-state index < -0.39 is 0 Å². The lowest BCUT2D eigenvalue weighted by molar-refractivity contribution is 0.0966. The maximum absolute atomic E-state index is 12.5. The Morgan fingerprint density at radius 2 is 1.74 bits per heavy atom. The second-order valence-corrected chi connectivity index (χ2v) is 7.13. The number of carbonyl (C=O) groups is 2. The number of amides is 2. The van der Waals surface area contributed by atoms with E-state index in [4.69, 9.17) is 0 Å². The maximum Gasteiger partial charge on any atom is 0.255 e. The number of nitrogens with one attached hydrogen (secondary N) is 2. The molecule has 1 aliphatic heterocycles. The van der Waals surface area contributed by atoms with Gasteiger partial charge in [-0.15, -0.1) is 11.8 Å². The second-order valence-electron chi connectivity index (χ2n) is 6.25. The van der Waals surface area contributed by atoms with Crippen LogP contribution in [-0.4, -0.2) is 18.1 Å². The van der Waals surface area contributed by atoms with E-state index in [1.54, 1.807) is 23.9 Å². The van der Waals surface area contributed by atoms with Gasteiger partial charge in [-0.1, -0.05) is 36.4 Å². The SMILES string of the molecule is CSc1ccc(-c2ccc(NC(=O)c3ccccc3)c3c2CNC3=O)cc1. The molecule has 5 heteroatoms. The number of hydrogen-bond donors (Lipinski definition) is 2. The third-order valence-electron chi connectivity index (χ3n) is 4.65. The van der Waals surface area contributed by atoms with Crippen LogP contribution < -0.4 is 10.6 Å². The van der Waals surface area contributed by atoms with E-state index in [0.717, 1.165) is 16.7 Å². The highest BCUT2D eigenvalue weighted by Crippen LogP contribution is 2.34. The summed E-state index contributed by atoms with van der Waals surface area (Å²) in [6.45, 7) is 0.461. The van der Waals surface area contributed by atoms with Gasteiger partial charge in [-0.05, 0) is 53.3 Å². The van der Waals surface area contributed by atoms with Gasteiger partial charge >= 0.3 is 0 Å². The number of rotatable bonds is 4. The molecule has 134 valence electrons. The summed E-state index contributed by atoms with van der Waals surface area (Å²) < 4.78 is 0. The van der Waals surface area contributed by atoms with Gasteiger partial charge in [0.1, 0.15) is 0 Å². The van der Waals surface area contributed by atoms with Gasteiger partial charge in [0.25, 0.3) is 11.8 Å². The Kier molecular flexibility index (Phi) is 4.69. The summed E-state index contributed by atoms with van der Waals surface area (Å²) in [7, 11) is 0. The topological polar surface area (TPSA) is 58.2 Å². The van der Waals surface area contributed by atoms with Gasteiger partial charge in [-0.3, -0.25) is 9.59 Å². The molecule has 0 aliphatic carbocycles. The van der Waals surface area contributed by atoms with Gasteiger partial charge in [-0.2, -0.15) is 0 Å². The highest BCUT2D eigenvalue weighted by molar-refractivity contribution is 7.98. The third kappa shape index (κ3) is 3.34. The predicted molar refractivity (Wildman–Crippen MR) is 109 cm³/mol. The molecule has 0 radical (unpaired) electrons. The first-order chi connectivity index (χ1) is 13.2. The molecule has 3 aromatic rings. The van der Waals surface area contributed by atoms with Crippen molar-refractivity contribution < 1.29 is 9.59 Å². The summed E-state index contributed by atoms with van der Waals surface area (Å²) in [4.78, 5) is 26.1. The van der Waals surface area contributed by atoms with Crippen LogP contribution in [0.1, 0.15) is 26.3 Å². The summed E-state index contributed by atoms with van der Waals surface area (Å²) in [5.74, 6) is -0.384. The third-order valence-corrected chi connectivity index (χ3v) is 5.39. The van der Waals surface area contributed by atoms with Crippen LogP contribution in [0.5, 0.6) is 0 Å². The molecule has 0 bridgehead atoms. The van der Waals surface area contributed by atoms with Crippen LogP contribution in [0.4, 0.5) is 5.69 Å². The lowest BCUT2D eigenvalue weighted by atomic mass is 9.95. The number of thioether (sulfide) groups is 1. The molecule has 4 rings (SSSR count). The Morgan fingerprint density at radius 1 is 1.00 bits per heavy atom. The molecule has 0 fully saturated rings. The van der Waals surface area contributed by atoms with Crippen LogP contribution in [0, 0.1) is 0 Å². The minimum atomic E-state index is -0.227. The van der Waals surface area contributed by atoms with Gasteiger partial charge in [0.2, 0.25) is 0 Å². The van der Waals surface area contributed by atoms with Gasteiger partial charge in [-0.25, -0.2) is 0 Å². The van der Waals surface area contributed by atoms with E-state index in [0.29, 0.717) is 23.4 Å². The average Bonchev–Trinajstić information content (AvgIpc) is 3.11. The largest absolute Gasteiger partial charge is 0.348 e. The van der Waals surface area contributed by atoms with Gasteiger partial charge in [0, 0.05) is 17.0 Å². The number of benzene rings is 3. The number of carbonyl (C=O) groups excluding carboxylic acids is 2. The van der Waals surface area contributed by atoms with Crippen molar-refractivity contribution in [2.45, 2.75) is 11.4 Å². The smallest absolute Gasteiger partial charge is 0.255 e. The highest BCUT2D eigenvalue weighted by atomic mass is 32.2. The summed E-state index contributed by atoms with van der Waals surface area (Å²) in [6.07, 6.45) is 2.04. The highest BCUT2D eigenvalue weighted by Gasteiger charge is 2.26. The molecular formula is C22H18N2O2S. The van der Waals surface area contributed by atoms with E-state index in [9.17, 15) is 9.59 Å². The van der Waals surface area contributed by atoms with Crippen LogP contribution in [0.2, 0.25) is 0 Å². The Bertz CT molecular complexity index is 1010. The quantitative estimate of drug-likeness (QED) is 0.658. The fourth-order valence-electron chi connectivity index (χ4n) is 3.28. The molecule has 0 aromatic heterocycles. The molecule has 0 atom stereocenters. The minimum Gasteiger partial charge on any atom is -0.348 e. The summed E-state index contributed by atoms with van der Waals surface area (Å²) in [5.41, 5.74) is 4.63. The molecular weight excluding hydrogens is 356 g/mol. The number of anilines is 1. The molecule has 2 amide bonds. The fourth-order valence-corrected chi connectivity index (χ4v) is 3.69. The second kappa shape index (κ2) is 7.29. The van der Waals surface area contributed by atoms with Crippen LogP contribution in [0.25, 0.3) is 11.1 Å². The van der Waals surface area contributed by atoms with Crippen molar-refractivity contribution >= 4 is 29.3 Å². The zero-order valence-electron chi connectivity index (χ0n) is 14.8. The fraction of sp³-hybridized carbons (Fsp3) is 0.0909. The molecule has 0 saturated carbocycles. The molecule has 1 aliphatic rings. The van der Waals surface area contributed by atoms with Crippen molar-refractivity contribution in [1.82, 2.24) is 5.32 Å². The summed E-state index contributed by atoms with van der Waals surface area (Å²) in [6, 6.07) is 21.0.